The average molecular weight is 565 g/mol. The van der Waals surface area contributed by atoms with Gasteiger partial charge in [-0.25, -0.2) is 0 Å². The molecule has 0 aliphatic carbocycles. The zero-order valence-electron chi connectivity index (χ0n) is 20.7. The fourth-order valence-corrected chi connectivity index (χ4v) is 5.51. The molecule has 1 fully saturated rings. The number of amides is 1. The summed E-state index contributed by atoms with van der Waals surface area (Å²) in [4.78, 5) is 19.6. The number of benzene rings is 2. The third-order valence-electron chi connectivity index (χ3n) is 6.08. The second-order valence-corrected chi connectivity index (χ2v) is 10.4. The molecule has 0 bridgehead atoms. The second kappa shape index (κ2) is 11.5. The fourth-order valence-electron chi connectivity index (χ4n) is 4.26. The molecule has 1 aliphatic heterocycles. The predicted molar refractivity (Wildman–Crippen MR) is 154 cm³/mol. The van der Waals surface area contributed by atoms with Crippen molar-refractivity contribution in [3.05, 3.63) is 95.5 Å². The van der Waals surface area contributed by atoms with Gasteiger partial charge in [0.25, 0.3) is 0 Å². The van der Waals surface area contributed by atoms with Crippen LogP contribution in [0.3, 0.4) is 0 Å². The Bertz CT molecular complexity index is 1450. The third kappa shape index (κ3) is 5.50. The van der Waals surface area contributed by atoms with Gasteiger partial charge in [-0.3, -0.25) is 9.78 Å². The Hall–Kier alpha value is -3.53. The number of nitrogens with one attached hydrogen (secondary N) is 2. The number of halogens is 1. The first-order valence-electron chi connectivity index (χ1n) is 12.0. The minimum Gasteiger partial charge on any atom is -0.494 e. The van der Waals surface area contributed by atoms with Gasteiger partial charge in [0.1, 0.15) is 17.6 Å². The van der Waals surface area contributed by atoms with Gasteiger partial charge in [-0.05, 0) is 72.9 Å². The Kier molecular flexibility index (Phi) is 7.87. The highest BCUT2D eigenvalue weighted by Crippen LogP contribution is 2.44. The molecule has 2 aromatic carbocycles. The van der Waals surface area contributed by atoms with E-state index in [1.165, 1.54) is 11.8 Å². The lowest BCUT2D eigenvalue weighted by molar-refractivity contribution is -0.115. The van der Waals surface area contributed by atoms with Gasteiger partial charge in [0.2, 0.25) is 5.91 Å². The van der Waals surface area contributed by atoms with Crippen molar-refractivity contribution in [1.82, 2.24) is 10.3 Å². The standard InChI is InChI=1S/C28H25ClN4O3S2/c1-3-24(34)31-20-12-9-18(16-23(20)35-2)33-27(26(32-28(33)37)21-6-4-5-15-30-21)22-13-14-25(36-22)38-19-10-7-17(29)8-11-19/h4-16,26-27H,3H2,1-2H3,(H,31,34)(H,32,37). The van der Waals surface area contributed by atoms with Crippen LogP contribution in [0.1, 0.15) is 36.9 Å². The van der Waals surface area contributed by atoms with Crippen LogP contribution in [-0.2, 0) is 4.79 Å². The van der Waals surface area contributed by atoms with E-state index in [0.29, 0.717) is 28.0 Å². The quantitative estimate of drug-likeness (QED) is 0.221. The summed E-state index contributed by atoms with van der Waals surface area (Å²) in [6.45, 7) is 1.80. The molecule has 2 N–H and O–H groups in total. The van der Waals surface area contributed by atoms with E-state index < -0.39 is 0 Å². The van der Waals surface area contributed by atoms with Crippen molar-refractivity contribution in [2.75, 3.05) is 17.3 Å². The van der Waals surface area contributed by atoms with Crippen molar-refractivity contribution in [3.63, 3.8) is 0 Å². The largest absolute Gasteiger partial charge is 0.494 e. The average Bonchev–Trinajstić information content (AvgIpc) is 3.54. The van der Waals surface area contributed by atoms with Crippen LogP contribution in [0, 0.1) is 0 Å². The van der Waals surface area contributed by atoms with Crippen LogP contribution >= 0.6 is 35.6 Å². The summed E-state index contributed by atoms with van der Waals surface area (Å²) in [7, 11) is 1.57. The lowest BCUT2D eigenvalue weighted by Gasteiger charge is -2.26. The number of hydrogen-bond acceptors (Lipinski definition) is 6. The van der Waals surface area contributed by atoms with Crippen LogP contribution < -0.4 is 20.3 Å². The molecule has 1 amide bonds. The molecule has 10 heteroatoms. The Morgan fingerprint density at radius 1 is 1.18 bits per heavy atom. The van der Waals surface area contributed by atoms with Gasteiger partial charge < -0.3 is 24.7 Å². The maximum Gasteiger partial charge on any atom is 0.224 e. The number of methoxy groups -OCH3 is 1. The highest BCUT2D eigenvalue weighted by atomic mass is 35.5. The lowest BCUT2D eigenvalue weighted by atomic mass is 10.0. The van der Waals surface area contributed by atoms with E-state index in [0.717, 1.165) is 27.1 Å². The summed E-state index contributed by atoms with van der Waals surface area (Å²) in [5.74, 6) is 1.17. The summed E-state index contributed by atoms with van der Waals surface area (Å²) < 4.78 is 12.0. The molecule has 7 nitrogen and oxygen atoms in total. The molecule has 3 heterocycles. The Morgan fingerprint density at radius 3 is 2.71 bits per heavy atom. The highest BCUT2D eigenvalue weighted by molar-refractivity contribution is 7.99. The highest BCUT2D eigenvalue weighted by Gasteiger charge is 2.42. The molecule has 1 aliphatic rings. The van der Waals surface area contributed by atoms with Crippen LogP contribution in [0.4, 0.5) is 11.4 Å². The molecular weight excluding hydrogens is 540 g/mol. The number of carbonyl (C=O) groups excluding carboxylic acids is 1. The molecule has 38 heavy (non-hydrogen) atoms. The van der Waals surface area contributed by atoms with Gasteiger partial charge in [-0.2, -0.15) is 0 Å². The lowest BCUT2D eigenvalue weighted by Crippen LogP contribution is -2.29. The van der Waals surface area contributed by atoms with Gasteiger partial charge in [-0.1, -0.05) is 36.4 Å². The molecule has 2 unspecified atom stereocenters. The SMILES string of the molecule is CCC(=O)Nc1ccc(N2C(=S)NC(c3ccccn3)C2c2ccc(Sc3ccc(Cl)cc3)o2)cc1OC. The smallest absolute Gasteiger partial charge is 0.224 e. The van der Waals surface area contributed by atoms with E-state index in [9.17, 15) is 4.79 Å². The Labute approximate surface area is 235 Å². The molecule has 5 rings (SSSR count). The molecule has 2 aromatic heterocycles. The Morgan fingerprint density at radius 2 is 2.00 bits per heavy atom. The van der Waals surface area contributed by atoms with Gasteiger partial charge in [0.05, 0.1) is 24.5 Å². The van der Waals surface area contributed by atoms with Gasteiger partial charge in [-0.15, -0.1) is 0 Å². The van der Waals surface area contributed by atoms with E-state index in [4.69, 9.17) is 33.0 Å². The number of hydrogen-bond donors (Lipinski definition) is 2. The van der Waals surface area contributed by atoms with E-state index in [2.05, 4.69) is 15.6 Å². The monoisotopic (exact) mass is 564 g/mol. The minimum absolute atomic E-state index is 0.0937. The van der Waals surface area contributed by atoms with Crippen LogP contribution in [0.15, 0.2) is 93.4 Å². The number of carbonyl (C=O) groups is 1. The predicted octanol–water partition coefficient (Wildman–Crippen LogP) is 7.01. The number of ether oxygens (including phenoxy) is 1. The number of furan rings is 1. The summed E-state index contributed by atoms with van der Waals surface area (Å²) in [6.07, 6.45) is 2.13. The van der Waals surface area contributed by atoms with E-state index in [-0.39, 0.29) is 18.0 Å². The van der Waals surface area contributed by atoms with Crippen LogP contribution in [0.25, 0.3) is 0 Å². The number of pyridine rings is 1. The summed E-state index contributed by atoms with van der Waals surface area (Å²) >= 11 is 13.4. The van der Waals surface area contributed by atoms with Gasteiger partial charge >= 0.3 is 0 Å². The van der Waals surface area contributed by atoms with E-state index in [1.807, 2.05) is 77.7 Å². The summed E-state index contributed by atoms with van der Waals surface area (Å²) in [5.41, 5.74) is 2.23. The first-order chi connectivity index (χ1) is 18.5. The maximum atomic E-state index is 12.0. The number of thiocarbonyl (C=S) groups is 1. The third-order valence-corrected chi connectivity index (χ3v) is 7.58. The molecule has 2 atom stereocenters. The van der Waals surface area contributed by atoms with Gasteiger partial charge in [0, 0.05) is 34.3 Å². The van der Waals surface area contributed by atoms with Crippen LogP contribution in [0.5, 0.6) is 5.75 Å². The van der Waals surface area contributed by atoms with E-state index >= 15 is 0 Å². The Balaban J connectivity index is 1.52. The topological polar surface area (TPSA) is 79.6 Å². The first-order valence-corrected chi connectivity index (χ1v) is 13.6. The molecule has 4 aromatic rings. The molecule has 194 valence electrons. The van der Waals surface area contributed by atoms with Crippen LogP contribution in [-0.4, -0.2) is 23.1 Å². The normalized spacial score (nSPS) is 16.8. The molecule has 1 saturated heterocycles. The molecular formula is C28H25ClN4O3S2. The van der Waals surface area contributed by atoms with Crippen molar-refractivity contribution < 1.29 is 13.9 Å². The zero-order valence-corrected chi connectivity index (χ0v) is 23.1. The number of aromatic nitrogens is 1. The number of anilines is 2. The molecule has 0 spiro atoms. The van der Waals surface area contributed by atoms with Crippen molar-refractivity contribution in [1.29, 1.82) is 0 Å². The van der Waals surface area contributed by atoms with Crippen LogP contribution in [0.2, 0.25) is 5.02 Å². The fraction of sp³-hybridized carbons (Fsp3) is 0.179. The van der Waals surface area contributed by atoms with Crippen molar-refractivity contribution in [2.24, 2.45) is 0 Å². The summed E-state index contributed by atoms with van der Waals surface area (Å²) in [5, 5.41) is 8.27. The molecule has 0 saturated carbocycles. The first kappa shape index (κ1) is 26.1. The maximum absolute atomic E-state index is 12.0. The van der Waals surface area contributed by atoms with Crippen molar-refractivity contribution in [2.45, 2.75) is 35.4 Å². The number of rotatable bonds is 8. The minimum atomic E-state index is -0.322. The summed E-state index contributed by atoms with van der Waals surface area (Å²) in [6, 6.07) is 22.3. The van der Waals surface area contributed by atoms with E-state index in [1.54, 1.807) is 20.2 Å². The number of nitrogens with zero attached hydrogens (tertiary/aromatic N) is 2. The van der Waals surface area contributed by atoms with Gasteiger partial charge in [0.15, 0.2) is 10.2 Å². The second-order valence-electron chi connectivity index (χ2n) is 8.50. The zero-order chi connectivity index (χ0) is 26.6. The molecule has 0 radical (unpaired) electrons. The van der Waals surface area contributed by atoms with Crippen molar-refractivity contribution >= 4 is 58.0 Å². The van der Waals surface area contributed by atoms with Crippen molar-refractivity contribution in [3.8, 4) is 5.75 Å².